The summed E-state index contributed by atoms with van der Waals surface area (Å²) < 4.78 is 0. The zero-order chi connectivity index (χ0) is 40.5. The van der Waals surface area contributed by atoms with Crippen LogP contribution >= 0.6 is 0 Å². The Hall–Kier alpha value is -5.10. The molecule has 5 aromatic carbocycles. The van der Waals surface area contributed by atoms with Gasteiger partial charge in [-0.2, -0.15) is 17.2 Å². The van der Waals surface area contributed by atoms with Crippen LogP contribution in [0.1, 0.15) is 136 Å². The van der Waals surface area contributed by atoms with Crippen LogP contribution in [0.3, 0.4) is 0 Å². The summed E-state index contributed by atoms with van der Waals surface area (Å²) in [5.41, 5.74) is 40.0. The molecule has 0 spiro atoms. The molecule has 0 unspecified atom stereocenters. The van der Waals surface area contributed by atoms with E-state index in [2.05, 4.69) is 163 Å². The Bertz CT molecular complexity index is 2340. The largest absolute Gasteiger partial charge is 0.309 e. The fourth-order valence-electron chi connectivity index (χ4n) is 10.8. The van der Waals surface area contributed by atoms with Gasteiger partial charge in [0, 0.05) is 0 Å². The van der Waals surface area contributed by atoms with Crippen LogP contribution in [0, 0.1) is 145 Å². The Morgan fingerprint density at radius 3 is 0.945 bits per heavy atom. The van der Waals surface area contributed by atoms with E-state index >= 15 is 0 Å². The minimum absolute atomic E-state index is 0. The number of aryl methyl sites for hydroxylation is 2. The van der Waals surface area contributed by atoms with Crippen molar-refractivity contribution >= 4 is 17.1 Å². The van der Waals surface area contributed by atoms with Crippen molar-refractivity contribution in [3.8, 4) is 22.3 Å². The third-order valence-corrected chi connectivity index (χ3v) is 15.2. The summed E-state index contributed by atoms with van der Waals surface area (Å²) in [6.07, 6.45) is 0. The van der Waals surface area contributed by atoms with Crippen LogP contribution in [0.15, 0.2) is 0 Å². The Labute approximate surface area is 329 Å². The normalized spacial score (nSPS) is 12.9. The van der Waals surface area contributed by atoms with E-state index in [9.17, 15) is 0 Å². The molecule has 1 aliphatic carbocycles. The number of fused-ring (bicyclic) bond motifs is 3. The zero-order valence-corrected chi connectivity index (χ0v) is 45.1. The second kappa shape index (κ2) is 13.3. The second-order valence-electron chi connectivity index (χ2n) is 17.9. The first-order valence-corrected chi connectivity index (χ1v) is 20.2. The van der Waals surface area contributed by atoms with E-state index in [0.29, 0.717) is 0 Å². The molecule has 0 saturated heterocycles. The van der Waals surface area contributed by atoms with Crippen LogP contribution in [-0.4, -0.2) is 0 Å². The molecule has 0 aromatic heterocycles. The van der Waals surface area contributed by atoms with E-state index in [4.69, 9.17) is 0 Å². The second-order valence-corrected chi connectivity index (χ2v) is 17.9. The van der Waals surface area contributed by atoms with Crippen LogP contribution < -0.4 is 4.90 Å². The van der Waals surface area contributed by atoms with Gasteiger partial charge in [0.1, 0.15) is 0 Å². The molecule has 2 heteroatoms. The molecule has 0 N–H and O–H groups in total. The van der Waals surface area contributed by atoms with Gasteiger partial charge >= 0.3 is 0 Å². The van der Waals surface area contributed by atoms with Gasteiger partial charge in [-0.1, -0.05) is 34.6 Å². The predicted molar refractivity (Wildman–Crippen MR) is 238 cm³/mol. The Balaban J connectivity index is 0.00000580. The molecule has 0 fully saturated rings. The minimum Gasteiger partial charge on any atom is -0.309 e. The number of nitrogens with zero attached hydrogens (tertiary/aromatic N) is 1. The van der Waals surface area contributed by atoms with Crippen molar-refractivity contribution in [3.63, 3.8) is 0 Å². The fraction of sp³-hybridized carbons (Fsp3) is 0.434. The van der Waals surface area contributed by atoms with Gasteiger partial charge in [-0.3, -0.25) is 0 Å². The summed E-state index contributed by atoms with van der Waals surface area (Å²) in [6, 6.07) is 3.74. The molecule has 0 aliphatic heterocycles. The number of anilines is 3. The van der Waals surface area contributed by atoms with E-state index in [-0.39, 0.29) is 5.41 Å². The van der Waals surface area contributed by atoms with E-state index in [0.717, 1.165) is 0 Å². The molecular weight excluding hydrogens is 918 g/mol. The van der Waals surface area contributed by atoms with Crippen molar-refractivity contribution in [3.05, 3.63) is 128 Å². The Morgan fingerprint density at radius 2 is 0.564 bits per heavy atom. The van der Waals surface area contributed by atoms with Crippen molar-refractivity contribution in [1.82, 2.24) is 0 Å². The van der Waals surface area contributed by atoms with Crippen molar-refractivity contribution < 1.29 is 0 Å². The van der Waals surface area contributed by atoms with Crippen LogP contribution in [0.25, 0.3) is 22.3 Å². The molecule has 55 heavy (non-hydrogen) atoms. The van der Waals surface area contributed by atoms with Gasteiger partial charge in [0.2, 0.25) is 0 Å². The van der Waals surface area contributed by atoms with Gasteiger partial charge < -0.3 is 4.90 Å². The van der Waals surface area contributed by atoms with Crippen molar-refractivity contribution in [1.29, 1.82) is 0 Å². The standard InChI is InChI=1S/C53H66N.Rf/c1-24-23-25(2)48-46(26(24)3)47-34(11)33(10)45(43(20)49(47)53(48,21)22)44-35(12)41(18)52(42(19)36(44)13)54(50-37(14)29(6)27(4)30(7)38(50)15)51-39(16)31(8)28(5)32(9)40(51)17;/h1-22H3;/q-1;. The quantitative estimate of drug-likeness (QED) is 0.162. The van der Waals surface area contributed by atoms with Crippen molar-refractivity contribution in [2.45, 2.75) is 158 Å². The third-order valence-electron chi connectivity index (χ3n) is 15.2. The average Bonchev–Trinajstić information content (AvgIpc) is 3.37. The zero-order valence-electron chi connectivity index (χ0n) is 38.7. The molecule has 0 atom stereocenters. The topological polar surface area (TPSA) is 3.24 Å². The maximum atomic E-state index is 3.74. The summed E-state index contributed by atoms with van der Waals surface area (Å²) in [6.45, 7) is 51.6. The van der Waals surface area contributed by atoms with E-state index in [1.807, 2.05) is 0 Å². The Morgan fingerprint density at radius 1 is 0.291 bits per heavy atom. The van der Waals surface area contributed by atoms with Crippen LogP contribution in [0.5, 0.6) is 0 Å². The summed E-state index contributed by atoms with van der Waals surface area (Å²) >= 11 is 0. The summed E-state index contributed by atoms with van der Waals surface area (Å²) in [7, 11) is 0. The van der Waals surface area contributed by atoms with E-state index in [1.54, 1.807) is 0 Å². The Kier molecular flexibility index (Phi) is 9.92. The van der Waals surface area contributed by atoms with E-state index < -0.39 is 0 Å². The summed E-state index contributed by atoms with van der Waals surface area (Å²) in [5, 5.41) is 0. The molecule has 0 amide bonds. The van der Waals surface area contributed by atoms with Gasteiger partial charge in [0.15, 0.2) is 0 Å². The SMILES string of the molecule is Cc1[c-]c(C)c2c(c1C)-c1c(C)c(C)c(-c3c(C)c(C)c(N(c4c(C)c(C)c(C)c(C)c4C)c4c(C)c(C)c(C)c(C)c4C)c(C)c3C)c(C)c1C2(C)C.[Rf]. The number of rotatable bonds is 4. The van der Waals surface area contributed by atoms with Crippen LogP contribution in [-0.2, 0) is 5.41 Å². The summed E-state index contributed by atoms with van der Waals surface area (Å²) in [5.74, 6) is 0. The number of benzene rings is 5. The van der Waals surface area contributed by atoms with Gasteiger partial charge in [-0.25, -0.2) is 0 Å². The maximum Gasteiger partial charge on any atom is 0.0526 e. The first kappa shape index (κ1) is 41.1. The van der Waals surface area contributed by atoms with Crippen LogP contribution in [0.2, 0.25) is 0 Å². The summed E-state index contributed by atoms with van der Waals surface area (Å²) in [4.78, 5) is 2.69. The van der Waals surface area contributed by atoms with E-state index in [1.165, 1.54) is 162 Å². The van der Waals surface area contributed by atoms with Gasteiger partial charge in [0.05, 0.1) is 17.1 Å². The molecule has 0 bridgehead atoms. The molecular formula is C53H66NRf-. The molecule has 286 valence electrons. The fourth-order valence-corrected chi connectivity index (χ4v) is 10.8. The van der Waals surface area contributed by atoms with Crippen LogP contribution in [0.4, 0.5) is 17.1 Å². The number of hydrogen-bond donors (Lipinski definition) is 0. The molecule has 1 aliphatic rings. The molecule has 0 heterocycles. The molecule has 5 aromatic rings. The van der Waals surface area contributed by atoms with Gasteiger partial charge in [-0.05, 0) is 240 Å². The van der Waals surface area contributed by atoms with Crippen molar-refractivity contribution in [2.75, 3.05) is 4.90 Å². The maximum absolute atomic E-state index is 3.74. The average molecular weight is 984 g/mol. The first-order chi connectivity index (χ1) is 24.9. The minimum atomic E-state index is -0.115. The monoisotopic (exact) mass is 984 g/mol. The molecule has 1 nitrogen and oxygen atoms in total. The smallest absolute Gasteiger partial charge is 0.0526 e. The van der Waals surface area contributed by atoms with Gasteiger partial charge in [0.25, 0.3) is 0 Å². The molecule has 0 saturated carbocycles. The number of hydrogen-bond acceptors (Lipinski definition) is 1. The molecule has 6 rings (SSSR count). The molecule has 0 radical (unpaired) electrons. The van der Waals surface area contributed by atoms with Crippen molar-refractivity contribution in [2.24, 2.45) is 0 Å². The third kappa shape index (κ3) is 5.27. The predicted octanol–water partition coefficient (Wildman–Crippen LogP) is 15.1. The first-order valence-electron chi connectivity index (χ1n) is 20.2. The van der Waals surface area contributed by atoms with Gasteiger partial charge in [-0.15, -0.1) is 16.7 Å².